The predicted octanol–water partition coefficient (Wildman–Crippen LogP) is 3.01. The van der Waals surface area contributed by atoms with Crippen molar-refractivity contribution in [1.82, 2.24) is 15.1 Å². The van der Waals surface area contributed by atoms with E-state index in [1.165, 1.54) is 11.8 Å². The minimum atomic E-state index is 0.0839. The molecule has 0 atom stereocenters. The summed E-state index contributed by atoms with van der Waals surface area (Å²) in [7, 11) is 0. The first kappa shape index (κ1) is 15.6. The first-order valence-electron chi connectivity index (χ1n) is 6.95. The molecular formula is C15H19N3O2S. The Labute approximate surface area is 128 Å². The minimum Gasteiger partial charge on any atom is -0.411 e. The van der Waals surface area contributed by atoms with Gasteiger partial charge in [-0.1, -0.05) is 30.0 Å². The van der Waals surface area contributed by atoms with E-state index in [0.29, 0.717) is 30.0 Å². The second-order valence-corrected chi connectivity index (χ2v) is 5.47. The summed E-state index contributed by atoms with van der Waals surface area (Å²) in [4.78, 5) is 13.7. The normalized spacial score (nSPS) is 10.6. The molecule has 0 unspecified atom stereocenters. The monoisotopic (exact) mass is 305 g/mol. The van der Waals surface area contributed by atoms with Crippen molar-refractivity contribution < 1.29 is 9.21 Å². The number of carbonyl (C=O) groups is 1. The number of hydrogen-bond donors (Lipinski definition) is 0. The number of thioether (sulfide) groups is 1. The van der Waals surface area contributed by atoms with Crippen LogP contribution in [0.15, 0.2) is 33.9 Å². The molecule has 21 heavy (non-hydrogen) atoms. The van der Waals surface area contributed by atoms with Crippen LogP contribution in [0.25, 0.3) is 11.5 Å². The molecule has 0 saturated carbocycles. The fraction of sp³-hybridized carbons (Fsp3) is 0.400. The maximum Gasteiger partial charge on any atom is 0.277 e. The van der Waals surface area contributed by atoms with Gasteiger partial charge in [-0.05, 0) is 32.4 Å². The van der Waals surface area contributed by atoms with Gasteiger partial charge in [-0.15, -0.1) is 10.2 Å². The highest BCUT2D eigenvalue weighted by Gasteiger charge is 2.14. The average Bonchev–Trinajstić information content (AvgIpc) is 2.95. The molecule has 0 spiro atoms. The highest BCUT2D eigenvalue weighted by Crippen LogP contribution is 2.25. The fourth-order valence-corrected chi connectivity index (χ4v) is 2.65. The molecule has 0 bridgehead atoms. The van der Waals surface area contributed by atoms with Crippen molar-refractivity contribution in [2.24, 2.45) is 0 Å². The molecule has 1 amide bonds. The lowest BCUT2D eigenvalue weighted by molar-refractivity contribution is -0.127. The number of nitrogens with zero attached hydrogens (tertiary/aromatic N) is 3. The van der Waals surface area contributed by atoms with Crippen LogP contribution in [0.3, 0.4) is 0 Å². The van der Waals surface area contributed by atoms with Crippen molar-refractivity contribution in [2.75, 3.05) is 18.8 Å². The van der Waals surface area contributed by atoms with E-state index < -0.39 is 0 Å². The molecule has 1 aromatic carbocycles. The number of rotatable bonds is 6. The molecule has 0 N–H and O–H groups in total. The summed E-state index contributed by atoms with van der Waals surface area (Å²) in [5, 5.41) is 8.46. The van der Waals surface area contributed by atoms with Gasteiger partial charge >= 0.3 is 0 Å². The molecule has 6 heteroatoms. The summed E-state index contributed by atoms with van der Waals surface area (Å²) in [5.41, 5.74) is 2.00. The summed E-state index contributed by atoms with van der Waals surface area (Å²) >= 11 is 1.28. The van der Waals surface area contributed by atoms with Crippen LogP contribution in [0.4, 0.5) is 0 Å². The van der Waals surface area contributed by atoms with Gasteiger partial charge in [0.2, 0.25) is 11.8 Å². The van der Waals surface area contributed by atoms with Crippen LogP contribution in [0.5, 0.6) is 0 Å². The van der Waals surface area contributed by atoms with Crippen molar-refractivity contribution in [3.8, 4) is 11.5 Å². The van der Waals surface area contributed by atoms with Crippen molar-refractivity contribution in [3.05, 3.63) is 29.8 Å². The maximum atomic E-state index is 11.9. The van der Waals surface area contributed by atoms with Crippen LogP contribution in [-0.2, 0) is 4.79 Å². The van der Waals surface area contributed by atoms with Crippen molar-refractivity contribution in [1.29, 1.82) is 0 Å². The molecule has 0 aliphatic rings. The molecule has 112 valence electrons. The van der Waals surface area contributed by atoms with Gasteiger partial charge in [-0.3, -0.25) is 4.79 Å². The zero-order valence-corrected chi connectivity index (χ0v) is 13.3. The van der Waals surface area contributed by atoms with Crippen LogP contribution in [0.1, 0.15) is 19.4 Å². The number of aromatic nitrogens is 2. The zero-order chi connectivity index (χ0) is 15.2. The molecule has 2 aromatic rings. The van der Waals surface area contributed by atoms with Gasteiger partial charge < -0.3 is 9.32 Å². The maximum absolute atomic E-state index is 11.9. The van der Waals surface area contributed by atoms with Crippen LogP contribution in [0.2, 0.25) is 0 Å². The number of aryl methyl sites for hydroxylation is 1. The van der Waals surface area contributed by atoms with Crippen molar-refractivity contribution in [3.63, 3.8) is 0 Å². The van der Waals surface area contributed by atoms with E-state index in [2.05, 4.69) is 10.2 Å². The number of carbonyl (C=O) groups excluding carboxylic acids is 1. The lowest BCUT2D eigenvalue weighted by Crippen LogP contribution is -2.31. The lowest BCUT2D eigenvalue weighted by atomic mass is 10.1. The summed E-state index contributed by atoms with van der Waals surface area (Å²) in [5.74, 6) is 0.892. The predicted molar refractivity (Wildman–Crippen MR) is 83.1 cm³/mol. The Hall–Kier alpha value is -1.82. The first-order chi connectivity index (χ1) is 10.2. The lowest BCUT2D eigenvalue weighted by Gasteiger charge is -2.17. The molecular weight excluding hydrogens is 286 g/mol. The van der Waals surface area contributed by atoms with Crippen LogP contribution >= 0.6 is 11.8 Å². The van der Waals surface area contributed by atoms with Crippen molar-refractivity contribution in [2.45, 2.75) is 26.0 Å². The third-order valence-corrected chi connectivity index (χ3v) is 4.02. The molecule has 0 aliphatic carbocycles. The third-order valence-electron chi connectivity index (χ3n) is 3.22. The highest BCUT2D eigenvalue weighted by atomic mass is 32.2. The fourth-order valence-electron chi connectivity index (χ4n) is 1.98. The highest BCUT2D eigenvalue weighted by molar-refractivity contribution is 7.99. The van der Waals surface area contributed by atoms with E-state index in [-0.39, 0.29) is 5.91 Å². The first-order valence-corrected chi connectivity index (χ1v) is 7.94. The molecule has 0 saturated heterocycles. The van der Waals surface area contributed by atoms with E-state index in [0.717, 1.165) is 11.1 Å². The van der Waals surface area contributed by atoms with Crippen LogP contribution < -0.4 is 0 Å². The van der Waals surface area contributed by atoms with Gasteiger partial charge in [0.1, 0.15) is 0 Å². The molecule has 5 nitrogen and oxygen atoms in total. The zero-order valence-electron chi connectivity index (χ0n) is 12.5. The minimum absolute atomic E-state index is 0.0839. The van der Waals surface area contributed by atoms with Crippen LogP contribution in [-0.4, -0.2) is 39.8 Å². The second kappa shape index (κ2) is 7.26. The summed E-state index contributed by atoms with van der Waals surface area (Å²) in [6, 6.07) is 7.84. The van der Waals surface area contributed by atoms with Gasteiger partial charge in [0, 0.05) is 18.7 Å². The van der Waals surface area contributed by atoms with Gasteiger partial charge in [0.05, 0.1) is 5.75 Å². The topological polar surface area (TPSA) is 59.2 Å². The Morgan fingerprint density at radius 3 is 2.62 bits per heavy atom. The number of benzene rings is 1. The largest absolute Gasteiger partial charge is 0.411 e. The van der Waals surface area contributed by atoms with Crippen molar-refractivity contribution >= 4 is 17.7 Å². The average molecular weight is 305 g/mol. The number of amides is 1. The van der Waals surface area contributed by atoms with Gasteiger partial charge in [-0.2, -0.15) is 0 Å². The molecule has 0 aliphatic heterocycles. The Kier molecular flexibility index (Phi) is 5.38. The summed E-state index contributed by atoms with van der Waals surface area (Å²) in [6.45, 7) is 7.36. The quantitative estimate of drug-likeness (QED) is 0.768. The van der Waals surface area contributed by atoms with Crippen LogP contribution in [0, 0.1) is 6.92 Å². The van der Waals surface area contributed by atoms with E-state index in [4.69, 9.17) is 4.42 Å². The Balaban J connectivity index is 2.01. The second-order valence-electron chi connectivity index (χ2n) is 4.54. The molecule has 0 fully saturated rings. The molecule has 2 rings (SSSR count). The van der Waals surface area contributed by atoms with E-state index in [9.17, 15) is 4.79 Å². The Morgan fingerprint density at radius 2 is 1.95 bits per heavy atom. The van der Waals surface area contributed by atoms with E-state index in [1.807, 2.05) is 45.0 Å². The summed E-state index contributed by atoms with van der Waals surface area (Å²) < 4.78 is 5.62. The van der Waals surface area contributed by atoms with Gasteiger partial charge in [0.25, 0.3) is 5.22 Å². The van der Waals surface area contributed by atoms with Gasteiger partial charge in [-0.25, -0.2) is 0 Å². The third kappa shape index (κ3) is 3.85. The molecule has 0 radical (unpaired) electrons. The van der Waals surface area contributed by atoms with E-state index >= 15 is 0 Å². The standard InChI is InChI=1S/C15H19N3O2S/c1-4-18(5-2)13(19)10-21-15-17-16-14(20-15)12-9-7-6-8-11(12)3/h6-9H,4-5,10H2,1-3H3. The Bertz CT molecular complexity index is 608. The number of hydrogen-bond acceptors (Lipinski definition) is 5. The smallest absolute Gasteiger partial charge is 0.277 e. The molecule has 1 heterocycles. The summed E-state index contributed by atoms with van der Waals surface area (Å²) in [6.07, 6.45) is 0. The van der Waals surface area contributed by atoms with Gasteiger partial charge in [0.15, 0.2) is 0 Å². The molecule has 1 aromatic heterocycles. The SMILES string of the molecule is CCN(CC)C(=O)CSc1nnc(-c2ccccc2C)o1. The Morgan fingerprint density at radius 1 is 1.24 bits per heavy atom. The van der Waals surface area contributed by atoms with E-state index in [1.54, 1.807) is 4.90 Å².